The van der Waals surface area contributed by atoms with Gasteiger partial charge in [0.25, 0.3) is 0 Å². The smallest absolute Gasteiger partial charge is 0.100 e. The van der Waals surface area contributed by atoms with Crippen molar-refractivity contribution >= 4 is 13.2 Å². The van der Waals surface area contributed by atoms with Gasteiger partial charge in [-0.05, 0) is 12.1 Å². The molecule has 1 aromatic heterocycles. The third-order valence-corrected chi connectivity index (χ3v) is 1.99. The van der Waals surface area contributed by atoms with Gasteiger partial charge in [-0.2, -0.15) is 0 Å². The summed E-state index contributed by atoms with van der Waals surface area (Å²) in [6, 6.07) is 9.97. The van der Waals surface area contributed by atoms with Crippen molar-refractivity contribution in [2.45, 2.75) is 0 Å². The van der Waals surface area contributed by atoms with E-state index in [1.54, 1.807) is 6.33 Å². The number of hydrogen-bond donors (Lipinski definition) is 0. The fourth-order valence-corrected chi connectivity index (χ4v) is 1.22. The molecule has 0 radical (unpaired) electrons. The van der Waals surface area contributed by atoms with Crippen molar-refractivity contribution in [3.8, 4) is 5.69 Å². The van der Waals surface area contributed by atoms with E-state index in [2.05, 4.69) is 18.1 Å². The summed E-state index contributed by atoms with van der Waals surface area (Å²) in [7, 11) is 0. The highest BCUT2D eigenvalue weighted by molar-refractivity contribution is 5.32. The quantitative estimate of drug-likeness (QED) is 0.615. The Labute approximate surface area is 76.5 Å². The Morgan fingerprint density at radius 1 is 1.08 bits per heavy atom. The van der Waals surface area contributed by atoms with Crippen LogP contribution < -0.4 is 10.7 Å². The number of para-hydroxylation sites is 1. The summed E-state index contributed by atoms with van der Waals surface area (Å²) in [5.41, 5.74) is 1.06. The van der Waals surface area contributed by atoms with Gasteiger partial charge in [0.1, 0.15) is 6.33 Å². The second kappa shape index (κ2) is 2.90. The summed E-state index contributed by atoms with van der Waals surface area (Å²) < 4.78 is 1.92. The average molecular weight is 170 g/mol. The van der Waals surface area contributed by atoms with Crippen LogP contribution in [0.5, 0.6) is 0 Å². The van der Waals surface area contributed by atoms with Gasteiger partial charge in [-0.3, -0.25) is 4.57 Å². The highest BCUT2D eigenvalue weighted by Gasteiger charge is 1.95. The first-order chi connectivity index (χ1) is 6.29. The lowest BCUT2D eigenvalue weighted by molar-refractivity contribution is 1.02. The minimum atomic E-state index is 0.726. The van der Waals surface area contributed by atoms with Crippen LogP contribution in [0.2, 0.25) is 0 Å². The van der Waals surface area contributed by atoms with Crippen LogP contribution in [0, 0.1) is 0 Å². The van der Waals surface area contributed by atoms with Crippen LogP contribution in [0.4, 0.5) is 0 Å². The van der Waals surface area contributed by atoms with Gasteiger partial charge in [0.05, 0.1) is 10.7 Å². The molecule has 0 aliphatic heterocycles. The number of benzene rings is 1. The molecule has 13 heavy (non-hydrogen) atoms. The number of aromatic nitrogens is 2. The molecule has 1 heterocycles. The maximum absolute atomic E-state index is 4.08. The Morgan fingerprint density at radius 3 is 2.31 bits per heavy atom. The molecule has 0 saturated carbocycles. The van der Waals surface area contributed by atoms with Crippen molar-refractivity contribution in [1.29, 1.82) is 0 Å². The SMILES string of the molecule is C=c1ncn(-c2ccccc2)c1=C. The minimum absolute atomic E-state index is 0.726. The van der Waals surface area contributed by atoms with E-state index < -0.39 is 0 Å². The number of imidazole rings is 1. The molecule has 0 unspecified atom stereocenters. The molecule has 0 aliphatic rings. The Hall–Kier alpha value is -1.83. The molecule has 0 bridgehead atoms. The fraction of sp³-hybridized carbons (Fsp3) is 0. The van der Waals surface area contributed by atoms with Crippen LogP contribution >= 0.6 is 0 Å². The highest BCUT2D eigenvalue weighted by Crippen LogP contribution is 2.00. The third kappa shape index (κ3) is 1.26. The van der Waals surface area contributed by atoms with Gasteiger partial charge in [0, 0.05) is 5.69 Å². The van der Waals surface area contributed by atoms with E-state index in [-0.39, 0.29) is 0 Å². The molecule has 0 aliphatic carbocycles. The van der Waals surface area contributed by atoms with Crippen molar-refractivity contribution in [2.75, 3.05) is 0 Å². The maximum Gasteiger partial charge on any atom is 0.100 e. The van der Waals surface area contributed by atoms with E-state index in [1.807, 2.05) is 34.9 Å². The molecule has 64 valence electrons. The molecule has 0 amide bonds. The third-order valence-electron chi connectivity index (χ3n) is 1.99. The van der Waals surface area contributed by atoms with Crippen molar-refractivity contribution in [3.05, 3.63) is 47.4 Å². The molecule has 2 rings (SSSR count). The van der Waals surface area contributed by atoms with Crippen LogP contribution in [-0.2, 0) is 0 Å². The molecule has 0 spiro atoms. The number of hydrogen-bond acceptors (Lipinski definition) is 1. The fourth-order valence-electron chi connectivity index (χ4n) is 1.22. The zero-order valence-electron chi connectivity index (χ0n) is 7.27. The second-order valence-electron chi connectivity index (χ2n) is 2.84. The van der Waals surface area contributed by atoms with Crippen LogP contribution in [0.25, 0.3) is 18.8 Å². The van der Waals surface area contributed by atoms with Gasteiger partial charge in [0.2, 0.25) is 0 Å². The van der Waals surface area contributed by atoms with Gasteiger partial charge in [0.15, 0.2) is 0 Å². The average Bonchev–Trinajstić information content (AvgIpc) is 2.49. The van der Waals surface area contributed by atoms with Crippen molar-refractivity contribution in [1.82, 2.24) is 9.55 Å². The lowest BCUT2D eigenvalue weighted by Gasteiger charge is -2.00. The van der Waals surface area contributed by atoms with E-state index in [9.17, 15) is 0 Å². The molecular formula is C11H10N2. The summed E-state index contributed by atoms with van der Waals surface area (Å²) in [6.07, 6.45) is 1.74. The molecule has 0 N–H and O–H groups in total. The second-order valence-corrected chi connectivity index (χ2v) is 2.84. The molecule has 0 atom stereocenters. The zero-order valence-corrected chi connectivity index (χ0v) is 7.27. The summed E-state index contributed by atoms with van der Waals surface area (Å²) in [6.45, 7) is 7.67. The van der Waals surface area contributed by atoms with Crippen molar-refractivity contribution in [2.24, 2.45) is 0 Å². The predicted octanol–water partition coefficient (Wildman–Crippen LogP) is 0.693. The van der Waals surface area contributed by atoms with E-state index >= 15 is 0 Å². The maximum atomic E-state index is 4.08. The summed E-state index contributed by atoms with van der Waals surface area (Å²) >= 11 is 0. The molecule has 2 nitrogen and oxygen atoms in total. The topological polar surface area (TPSA) is 17.8 Å². The summed E-state index contributed by atoms with van der Waals surface area (Å²) in [4.78, 5) is 4.08. The molecular weight excluding hydrogens is 160 g/mol. The largest absolute Gasteiger partial charge is 0.299 e. The lowest BCUT2D eigenvalue weighted by atomic mass is 10.3. The molecule has 2 aromatic rings. The molecule has 0 saturated heterocycles. The van der Waals surface area contributed by atoms with Crippen LogP contribution in [0.1, 0.15) is 0 Å². The van der Waals surface area contributed by atoms with E-state index in [1.165, 1.54) is 0 Å². The molecule has 2 heteroatoms. The van der Waals surface area contributed by atoms with E-state index in [0.717, 1.165) is 16.4 Å². The monoisotopic (exact) mass is 170 g/mol. The van der Waals surface area contributed by atoms with Crippen molar-refractivity contribution in [3.63, 3.8) is 0 Å². The predicted molar refractivity (Wildman–Crippen MR) is 53.9 cm³/mol. The first-order valence-electron chi connectivity index (χ1n) is 4.06. The standard InChI is InChI=1S/C11H10N2/c1-9-10(2)13(8-12-9)11-6-4-3-5-7-11/h3-8H,1-2H2. The first kappa shape index (κ1) is 7.80. The number of nitrogens with zero attached hydrogens (tertiary/aromatic N) is 2. The summed E-state index contributed by atoms with van der Waals surface area (Å²) in [5, 5.41) is 1.56. The van der Waals surface area contributed by atoms with Crippen molar-refractivity contribution < 1.29 is 0 Å². The van der Waals surface area contributed by atoms with Gasteiger partial charge < -0.3 is 0 Å². The zero-order chi connectivity index (χ0) is 9.26. The minimum Gasteiger partial charge on any atom is -0.299 e. The lowest BCUT2D eigenvalue weighted by Crippen LogP contribution is -2.26. The van der Waals surface area contributed by atoms with Gasteiger partial charge in [-0.1, -0.05) is 31.4 Å². The first-order valence-corrected chi connectivity index (χ1v) is 4.06. The molecule has 0 fully saturated rings. The van der Waals surface area contributed by atoms with Crippen LogP contribution in [0.15, 0.2) is 36.7 Å². The highest BCUT2D eigenvalue weighted by atomic mass is 15.0. The van der Waals surface area contributed by atoms with Gasteiger partial charge in [-0.25, -0.2) is 4.98 Å². The van der Waals surface area contributed by atoms with Crippen LogP contribution in [0.3, 0.4) is 0 Å². The Bertz CT molecular complexity index is 497. The number of rotatable bonds is 1. The van der Waals surface area contributed by atoms with E-state index in [4.69, 9.17) is 0 Å². The summed E-state index contributed by atoms with van der Waals surface area (Å²) in [5.74, 6) is 0. The van der Waals surface area contributed by atoms with Crippen LogP contribution in [-0.4, -0.2) is 9.55 Å². The normalized spacial score (nSPS) is 10.2. The van der Waals surface area contributed by atoms with Gasteiger partial charge >= 0.3 is 0 Å². The molecule has 1 aromatic carbocycles. The Morgan fingerprint density at radius 2 is 1.77 bits per heavy atom. The Kier molecular flexibility index (Phi) is 1.74. The Balaban J connectivity index is 2.67. The van der Waals surface area contributed by atoms with Gasteiger partial charge in [-0.15, -0.1) is 0 Å². The van der Waals surface area contributed by atoms with E-state index in [0.29, 0.717) is 0 Å².